The van der Waals surface area contributed by atoms with E-state index in [9.17, 15) is 38.3 Å². The Morgan fingerprint density at radius 1 is 0.556 bits per heavy atom. The second-order valence-corrected chi connectivity index (χ2v) is 14.7. The molecule has 0 saturated carbocycles. The molecule has 0 aromatic heterocycles. The molecule has 24 heteroatoms. The molecular formula is C12H44N2O18P4. The average molecular weight is 628 g/mol. The second-order valence-electron chi connectivity index (χ2n) is 6.75. The van der Waals surface area contributed by atoms with E-state index < -0.39 is 66.2 Å². The van der Waals surface area contributed by atoms with Gasteiger partial charge in [-0.3, -0.25) is 9.13 Å². The molecule has 0 heterocycles. The van der Waals surface area contributed by atoms with E-state index in [1.807, 2.05) is 38.8 Å². The molecule has 0 aliphatic carbocycles. The van der Waals surface area contributed by atoms with Crippen LogP contribution < -0.4 is 20.4 Å². The van der Waals surface area contributed by atoms with Crippen molar-refractivity contribution in [1.29, 1.82) is 0 Å². The molecule has 230 valence electrons. The lowest BCUT2D eigenvalue weighted by atomic mass is 10.1. The summed E-state index contributed by atoms with van der Waals surface area (Å²) in [5.74, 6) is 0. The zero-order valence-corrected chi connectivity index (χ0v) is 23.8. The van der Waals surface area contributed by atoms with Gasteiger partial charge in [-0.15, -0.1) is 0 Å². The Morgan fingerprint density at radius 3 is 0.833 bits per heavy atom. The number of rotatable bonds is 11. The second kappa shape index (κ2) is 21.1. The third-order valence-electron chi connectivity index (χ3n) is 3.61. The average Bonchev–Trinajstić information content (AvgIpc) is 2.54. The number of unbranched alkanes of at least 4 members (excludes halogenated alkanes) is 3. The number of quaternary nitrogens is 2. The zero-order chi connectivity index (χ0) is 26.7. The topological polar surface area (TPSA) is 435 Å². The molecule has 4 atom stereocenters. The van der Waals surface area contributed by atoms with Crippen LogP contribution in [0.15, 0.2) is 0 Å². The van der Waals surface area contributed by atoms with Crippen LogP contribution in [0.1, 0.15) is 38.5 Å². The SMILES string of the molecule is C[NH2+]C.C[NH2+]C.O.O.O.O.O=P([O-])(O)[C@](O)(CCCCCC[C@](O)(P(=O)([O-])O)P(=O)(O)O)P(=O)(O)O. The standard InChI is InChI=1S/C8H22O14P4.2C2H7N.4H2O/c9-7(23(11,12)13,24(14,15)16)5-3-1-2-4-6-8(10,25(17,18)19)26(20,21)22;2*1-3-2;;;;/h9-10H,1-6H2,(H2,11,12,13)(H2,14,15,16)(H2,17,18,19)(H2,20,21,22);2*3H,1-2H3;4*1H2. The smallest absolute Gasteiger partial charge is 0.365 e. The van der Waals surface area contributed by atoms with Crippen LogP contribution >= 0.6 is 30.4 Å². The van der Waals surface area contributed by atoms with Crippen molar-refractivity contribution >= 4 is 30.4 Å². The van der Waals surface area contributed by atoms with Gasteiger partial charge in [-0.05, 0) is 25.7 Å². The third kappa shape index (κ3) is 17.0. The molecule has 0 aliphatic rings. The maximum Gasteiger partial charge on any atom is 0.365 e. The first-order chi connectivity index (χ1) is 14.0. The van der Waals surface area contributed by atoms with Crippen LogP contribution in [0.2, 0.25) is 0 Å². The van der Waals surface area contributed by atoms with Crippen molar-refractivity contribution in [2.45, 2.75) is 48.7 Å². The quantitative estimate of drug-likeness (QED) is 0.0750. The maximum atomic E-state index is 11.1. The minimum Gasteiger partial charge on any atom is -0.776 e. The van der Waals surface area contributed by atoms with E-state index in [0.29, 0.717) is 0 Å². The van der Waals surface area contributed by atoms with E-state index in [1.54, 1.807) is 0 Å². The third-order valence-corrected chi connectivity index (χ3v) is 11.3. The zero-order valence-electron chi connectivity index (χ0n) is 20.2. The van der Waals surface area contributed by atoms with Gasteiger partial charge in [0.1, 0.15) is 0 Å². The molecule has 2 unspecified atom stereocenters. The maximum absolute atomic E-state index is 11.1. The molecule has 0 aromatic carbocycles. The first kappa shape index (κ1) is 52.7. The summed E-state index contributed by atoms with van der Waals surface area (Å²) >= 11 is 0. The predicted octanol–water partition coefficient (Wildman–Crippen LogP) is -7.61. The van der Waals surface area contributed by atoms with E-state index in [0.717, 1.165) is 0 Å². The molecule has 0 bridgehead atoms. The van der Waals surface area contributed by atoms with Crippen LogP contribution in [-0.4, -0.2) is 99.8 Å². The normalized spacial score (nSPS) is 17.4. The summed E-state index contributed by atoms with van der Waals surface area (Å²) in [5.41, 5.74) is 0. The van der Waals surface area contributed by atoms with Gasteiger partial charge in [0.25, 0.3) is 0 Å². The lowest BCUT2D eigenvalue weighted by Gasteiger charge is -2.36. The highest BCUT2D eigenvalue weighted by atomic mass is 31.2. The Balaban J connectivity index is -0.000000152. The Kier molecular flexibility index (Phi) is 30.9. The van der Waals surface area contributed by atoms with Gasteiger partial charge < -0.3 is 91.0 Å². The van der Waals surface area contributed by atoms with Crippen LogP contribution in [0.4, 0.5) is 0 Å². The minimum atomic E-state index is -5.85. The lowest BCUT2D eigenvalue weighted by molar-refractivity contribution is -0.597. The van der Waals surface area contributed by atoms with Crippen LogP contribution in [0, 0.1) is 0 Å². The van der Waals surface area contributed by atoms with Gasteiger partial charge in [-0.2, -0.15) is 0 Å². The molecule has 0 amide bonds. The minimum absolute atomic E-state index is 0. The van der Waals surface area contributed by atoms with Gasteiger partial charge in [0.15, 0.2) is 15.2 Å². The van der Waals surface area contributed by atoms with Gasteiger partial charge in [0.05, 0.1) is 28.2 Å². The largest absolute Gasteiger partial charge is 0.776 e. The van der Waals surface area contributed by atoms with Gasteiger partial charge in [0, 0.05) is 0 Å². The number of hydrogen-bond acceptors (Lipinski definition) is 8. The summed E-state index contributed by atoms with van der Waals surface area (Å²) in [4.78, 5) is 75.1. The molecule has 0 spiro atoms. The summed E-state index contributed by atoms with van der Waals surface area (Å²) in [5, 5.41) is 15.7. The molecule has 0 aromatic rings. The summed E-state index contributed by atoms with van der Waals surface area (Å²) in [6.07, 6.45) is -3.19. The van der Waals surface area contributed by atoms with Crippen molar-refractivity contribution in [3.63, 3.8) is 0 Å². The Morgan fingerprint density at radius 2 is 0.722 bits per heavy atom. The van der Waals surface area contributed by atoms with Gasteiger partial charge in [0.2, 0.25) is 10.2 Å². The van der Waals surface area contributed by atoms with Crippen molar-refractivity contribution in [2.75, 3.05) is 28.2 Å². The molecule has 0 saturated heterocycles. The summed E-state index contributed by atoms with van der Waals surface area (Å²) in [6.45, 7) is 0. The van der Waals surface area contributed by atoms with E-state index in [1.165, 1.54) is 0 Å². The van der Waals surface area contributed by atoms with Crippen molar-refractivity contribution < 1.29 is 100 Å². The molecule has 20 N–H and O–H groups in total. The summed E-state index contributed by atoms with van der Waals surface area (Å²) < 4.78 is 44.1. The molecule has 36 heavy (non-hydrogen) atoms. The van der Waals surface area contributed by atoms with Crippen molar-refractivity contribution in [3.05, 3.63) is 0 Å². The Labute approximate surface area is 208 Å². The van der Waals surface area contributed by atoms with Crippen LogP contribution in [0.25, 0.3) is 0 Å². The molecule has 20 nitrogen and oxygen atoms in total. The fourth-order valence-corrected chi connectivity index (χ4v) is 6.40. The van der Waals surface area contributed by atoms with Gasteiger partial charge >= 0.3 is 15.2 Å². The van der Waals surface area contributed by atoms with Gasteiger partial charge in [-0.25, -0.2) is 0 Å². The Hall–Kier alpha value is 0.280. The van der Waals surface area contributed by atoms with E-state index in [4.69, 9.17) is 29.4 Å². The fraction of sp³-hybridized carbons (Fsp3) is 1.00. The summed E-state index contributed by atoms with van der Waals surface area (Å²) in [7, 11) is -15.0. The first-order valence-corrected chi connectivity index (χ1v) is 15.5. The molecule has 0 fully saturated rings. The van der Waals surface area contributed by atoms with Crippen LogP contribution in [0.5, 0.6) is 0 Å². The highest BCUT2D eigenvalue weighted by Gasteiger charge is 2.53. The van der Waals surface area contributed by atoms with Crippen molar-refractivity contribution in [2.24, 2.45) is 0 Å². The van der Waals surface area contributed by atoms with E-state index >= 15 is 0 Å². The van der Waals surface area contributed by atoms with E-state index in [-0.39, 0.29) is 34.7 Å². The van der Waals surface area contributed by atoms with Crippen LogP contribution in [-0.2, 0) is 18.3 Å². The van der Waals surface area contributed by atoms with Crippen molar-refractivity contribution in [3.8, 4) is 0 Å². The Bertz CT molecular complexity index is 611. The molecule has 0 rings (SSSR count). The monoisotopic (exact) mass is 628 g/mol. The highest BCUT2D eigenvalue weighted by molar-refractivity contribution is 7.71. The van der Waals surface area contributed by atoms with Gasteiger partial charge in [-0.1, -0.05) is 12.8 Å². The summed E-state index contributed by atoms with van der Waals surface area (Å²) in [6, 6.07) is 0. The predicted molar refractivity (Wildman–Crippen MR) is 123 cm³/mol. The molecular weight excluding hydrogens is 584 g/mol. The lowest BCUT2D eigenvalue weighted by Crippen LogP contribution is -2.74. The first-order valence-electron chi connectivity index (χ1n) is 9.15. The van der Waals surface area contributed by atoms with E-state index in [2.05, 4.69) is 0 Å². The number of hydrogen-bond donors (Lipinski definition) is 10. The number of nitrogens with two attached hydrogens (primary N) is 2. The number of aliphatic hydroxyl groups is 2. The molecule has 0 aliphatic heterocycles. The van der Waals surface area contributed by atoms with Crippen molar-refractivity contribution in [1.82, 2.24) is 0 Å². The highest BCUT2D eigenvalue weighted by Crippen LogP contribution is 2.68. The molecule has 0 radical (unpaired) electrons. The van der Waals surface area contributed by atoms with Crippen LogP contribution in [0.3, 0.4) is 0 Å². The fourth-order valence-electron chi connectivity index (χ4n) is 1.98.